The van der Waals surface area contributed by atoms with Crippen LogP contribution in [0.15, 0.2) is 30.3 Å². The topological polar surface area (TPSA) is 97.8 Å². The molecule has 3 atom stereocenters. The second-order valence-corrected chi connectivity index (χ2v) is 6.53. The summed E-state index contributed by atoms with van der Waals surface area (Å²) < 4.78 is 5.33. The number of rotatable bonds is 5. The van der Waals surface area contributed by atoms with Crippen molar-refractivity contribution in [2.45, 2.75) is 42.4 Å². The Morgan fingerprint density at radius 2 is 1.60 bits per heavy atom. The predicted octanol–water partition coefficient (Wildman–Crippen LogP) is 0.196. The van der Waals surface area contributed by atoms with Gasteiger partial charge < -0.3 is 19.1 Å². The highest BCUT2D eigenvalue weighted by Gasteiger charge is 2.62. The maximum absolute atomic E-state index is 13.0. The molecular formula is C18H17NO6. The second kappa shape index (κ2) is 6.33. The summed E-state index contributed by atoms with van der Waals surface area (Å²) in [6.45, 7) is 0. The highest BCUT2D eigenvalue weighted by molar-refractivity contribution is 6.09. The molecule has 1 aromatic rings. The zero-order valence-corrected chi connectivity index (χ0v) is 13.4. The number of imide groups is 1. The molecule has 0 radical (unpaired) electrons. The predicted molar refractivity (Wildman–Crippen MR) is 84.5 cm³/mol. The van der Waals surface area contributed by atoms with Crippen molar-refractivity contribution in [3.8, 4) is 0 Å². The van der Waals surface area contributed by atoms with Gasteiger partial charge in [-0.25, -0.2) is 0 Å². The maximum Gasteiger partial charge on any atom is 0.247 e. The van der Waals surface area contributed by atoms with Crippen LogP contribution in [0, 0.1) is 0 Å². The molecule has 7 nitrogen and oxygen atoms in total. The molecular weight excluding hydrogens is 326 g/mol. The molecule has 2 fully saturated rings. The van der Waals surface area contributed by atoms with E-state index < -0.39 is 29.1 Å². The smallest absolute Gasteiger partial charge is 0.247 e. The molecule has 0 saturated carbocycles. The van der Waals surface area contributed by atoms with Crippen LogP contribution >= 0.6 is 0 Å². The van der Waals surface area contributed by atoms with Gasteiger partial charge in [0, 0.05) is 12.8 Å². The van der Waals surface area contributed by atoms with Crippen molar-refractivity contribution < 1.29 is 28.7 Å². The summed E-state index contributed by atoms with van der Waals surface area (Å²) in [4.78, 5) is 60.1. The monoisotopic (exact) mass is 343 g/mol. The molecule has 0 aromatic heterocycles. The van der Waals surface area contributed by atoms with Crippen molar-refractivity contribution in [3.05, 3.63) is 35.9 Å². The average molecular weight is 343 g/mol. The number of likely N-dealkylation sites (tertiary alicyclic amines) is 1. The van der Waals surface area contributed by atoms with Crippen LogP contribution < -0.4 is 0 Å². The minimum atomic E-state index is -1.51. The molecule has 1 aromatic carbocycles. The molecule has 0 aliphatic carbocycles. The van der Waals surface area contributed by atoms with Gasteiger partial charge in [-0.15, -0.1) is 0 Å². The third kappa shape index (κ3) is 2.51. The molecule has 2 saturated heterocycles. The van der Waals surface area contributed by atoms with Crippen LogP contribution in [0.25, 0.3) is 0 Å². The van der Waals surface area contributed by atoms with Crippen LogP contribution in [0.3, 0.4) is 0 Å². The molecule has 3 unspecified atom stereocenters. The van der Waals surface area contributed by atoms with Gasteiger partial charge in [0.25, 0.3) is 0 Å². The summed E-state index contributed by atoms with van der Waals surface area (Å²) in [7, 11) is 0. The van der Waals surface area contributed by atoms with E-state index in [1.165, 1.54) is 0 Å². The highest BCUT2D eigenvalue weighted by atomic mass is 16.5. The second-order valence-electron chi connectivity index (χ2n) is 6.53. The van der Waals surface area contributed by atoms with Gasteiger partial charge in [0.15, 0.2) is 0 Å². The summed E-state index contributed by atoms with van der Waals surface area (Å²) in [6, 6.07) is 8.48. The molecule has 7 heteroatoms. The Bertz CT molecular complexity index is 702. The summed E-state index contributed by atoms with van der Waals surface area (Å²) in [5.41, 5.74) is -2.14. The molecule has 3 rings (SSSR count). The van der Waals surface area contributed by atoms with Crippen molar-refractivity contribution in [3.63, 3.8) is 0 Å². The first-order valence-corrected chi connectivity index (χ1v) is 7.92. The Labute approximate surface area is 143 Å². The van der Waals surface area contributed by atoms with Crippen molar-refractivity contribution >= 4 is 31.2 Å². The lowest BCUT2D eigenvalue weighted by atomic mass is 9.72. The number of aldehydes is 3. The van der Waals surface area contributed by atoms with E-state index in [0.29, 0.717) is 30.8 Å². The first-order valence-electron chi connectivity index (χ1n) is 7.92. The maximum atomic E-state index is 13.0. The minimum absolute atomic E-state index is 0.0170. The van der Waals surface area contributed by atoms with Crippen molar-refractivity contribution in [2.24, 2.45) is 0 Å². The fourth-order valence-electron chi connectivity index (χ4n) is 4.05. The van der Waals surface area contributed by atoms with Gasteiger partial charge in [0.1, 0.15) is 36.5 Å². The number of carbonyl (C=O) groups excluding carboxylic acids is 5. The van der Waals surface area contributed by atoms with Gasteiger partial charge in [-0.1, -0.05) is 30.3 Å². The summed E-state index contributed by atoms with van der Waals surface area (Å²) in [6.07, 6.45) is 0.338. The molecule has 2 amide bonds. The van der Waals surface area contributed by atoms with Gasteiger partial charge in [-0.3, -0.25) is 14.5 Å². The van der Waals surface area contributed by atoms with E-state index in [-0.39, 0.29) is 19.3 Å². The van der Waals surface area contributed by atoms with Gasteiger partial charge in [-0.05, 0) is 12.0 Å². The number of hydrogen-bond acceptors (Lipinski definition) is 6. The molecule has 0 N–H and O–H groups in total. The number of amides is 2. The van der Waals surface area contributed by atoms with E-state index in [0.717, 1.165) is 4.90 Å². The normalized spacial score (nSPS) is 34.7. The fraction of sp³-hybridized carbons (Fsp3) is 0.389. The molecule has 1 spiro atoms. The lowest BCUT2D eigenvalue weighted by Crippen LogP contribution is -2.54. The number of ether oxygens (including phenoxy) is 1. The molecule has 2 aliphatic rings. The Kier molecular flexibility index (Phi) is 4.34. The van der Waals surface area contributed by atoms with Crippen molar-refractivity contribution in [1.29, 1.82) is 0 Å². The summed E-state index contributed by atoms with van der Waals surface area (Å²) in [5, 5.41) is 0. The lowest BCUT2D eigenvalue weighted by Gasteiger charge is -2.42. The van der Waals surface area contributed by atoms with E-state index in [9.17, 15) is 24.0 Å². The Hall–Kier alpha value is -2.67. The largest absolute Gasteiger partial charge is 0.360 e. The highest BCUT2D eigenvalue weighted by Crippen LogP contribution is 2.49. The van der Waals surface area contributed by atoms with Crippen molar-refractivity contribution in [1.82, 2.24) is 4.90 Å². The zero-order valence-electron chi connectivity index (χ0n) is 13.4. The molecule has 0 bridgehead atoms. The molecule has 25 heavy (non-hydrogen) atoms. The number of nitrogens with zero attached hydrogens (tertiary/aromatic N) is 1. The zero-order chi connectivity index (χ0) is 18.1. The number of benzene rings is 1. The minimum Gasteiger partial charge on any atom is -0.360 e. The van der Waals surface area contributed by atoms with Gasteiger partial charge in [0.2, 0.25) is 12.3 Å². The Morgan fingerprint density at radius 1 is 1.00 bits per heavy atom. The summed E-state index contributed by atoms with van der Waals surface area (Å²) in [5.74, 6) is -0.639. The average Bonchev–Trinajstić information content (AvgIpc) is 2.89. The number of carbonyl (C=O) groups is 5. The first kappa shape index (κ1) is 17.2. The van der Waals surface area contributed by atoms with Crippen LogP contribution in [0.1, 0.15) is 24.8 Å². The van der Waals surface area contributed by atoms with Crippen LogP contribution in [0.5, 0.6) is 0 Å². The Morgan fingerprint density at radius 3 is 2.08 bits per heavy atom. The Balaban J connectivity index is 2.11. The summed E-state index contributed by atoms with van der Waals surface area (Å²) >= 11 is 0. The van der Waals surface area contributed by atoms with E-state index >= 15 is 0 Å². The quantitative estimate of drug-likeness (QED) is 0.559. The van der Waals surface area contributed by atoms with Crippen molar-refractivity contribution in [2.75, 3.05) is 0 Å². The lowest BCUT2D eigenvalue weighted by molar-refractivity contribution is -0.157. The van der Waals surface area contributed by atoms with Gasteiger partial charge >= 0.3 is 0 Å². The standard InChI is InChI=1S/C18H17NO6/c20-8-14-6-17(7-15(9-21)25-14)10-18(11-22,16(24)19(17)12-23)13-4-2-1-3-5-13/h1-5,8-9,11-12,14-15H,6-7,10H2. The van der Waals surface area contributed by atoms with E-state index in [2.05, 4.69) is 0 Å². The van der Waals surface area contributed by atoms with E-state index in [1.54, 1.807) is 30.3 Å². The fourth-order valence-corrected chi connectivity index (χ4v) is 4.05. The van der Waals surface area contributed by atoms with Crippen LogP contribution in [0.2, 0.25) is 0 Å². The van der Waals surface area contributed by atoms with Gasteiger partial charge in [-0.2, -0.15) is 0 Å². The van der Waals surface area contributed by atoms with Gasteiger partial charge in [0.05, 0.1) is 5.54 Å². The van der Waals surface area contributed by atoms with Crippen LogP contribution in [-0.2, 0) is 34.1 Å². The van der Waals surface area contributed by atoms with E-state index in [1.807, 2.05) is 0 Å². The SMILES string of the molecule is O=CC1CC2(CC(C=O)O1)CC(C=O)(c1ccccc1)C(=O)N2C=O. The van der Waals surface area contributed by atoms with E-state index in [4.69, 9.17) is 4.74 Å². The number of hydrogen-bond donors (Lipinski definition) is 0. The molecule has 130 valence electrons. The molecule has 2 heterocycles. The van der Waals surface area contributed by atoms with Crippen LogP contribution in [0.4, 0.5) is 0 Å². The molecule has 2 aliphatic heterocycles. The third-order valence-electron chi connectivity index (χ3n) is 5.13. The van der Waals surface area contributed by atoms with Crippen LogP contribution in [-0.4, -0.2) is 53.8 Å². The first-order chi connectivity index (χ1) is 12.0. The third-order valence-corrected chi connectivity index (χ3v) is 5.13.